The van der Waals surface area contributed by atoms with Crippen LogP contribution in [-0.4, -0.2) is 37.2 Å². The lowest BCUT2D eigenvalue weighted by atomic mass is 10.2. The predicted octanol–water partition coefficient (Wildman–Crippen LogP) is 3.62. The average molecular weight is 326 g/mol. The van der Waals surface area contributed by atoms with E-state index in [1.54, 1.807) is 17.6 Å². The van der Waals surface area contributed by atoms with Gasteiger partial charge < -0.3 is 19.7 Å². The predicted molar refractivity (Wildman–Crippen MR) is 90.3 cm³/mol. The zero-order valence-electron chi connectivity index (χ0n) is 14.0. The van der Waals surface area contributed by atoms with E-state index in [-0.39, 0.29) is 0 Å². The fourth-order valence-corrected chi connectivity index (χ4v) is 2.49. The van der Waals surface area contributed by atoms with Crippen LogP contribution in [0.1, 0.15) is 32.1 Å². The minimum absolute atomic E-state index is 0.395. The number of carbonyl (C=O) groups excluding carboxylic acids is 1. The number of thiophene rings is 1. The zero-order valence-corrected chi connectivity index (χ0v) is 14.8. The van der Waals surface area contributed by atoms with Gasteiger partial charge in [0.25, 0.3) is 0 Å². The first kappa shape index (κ1) is 18.5. The van der Waals surface area contributed by atoms with Crippen LogP contribution >= 0.6 is 11.3 Å². The molecule has 0 aromatic carbocycles. The van der Waals surface area contributed by atoms with Crippen LogP contribution in [0.15, 0.2) is 23.8 Å². The third-order valence-electron chi connectivity index (χ3n) is 2.38. The highest BCUT2D eigenvalue weighted by Crippen LogP contribution is 2.22. The van der Waals surface area contributed by atoms with Crippen LogP contribution in [-0.2, 0) is 11.3 Å². The Hall–Kier alpha value is -1.53. The van der Waals surface area contributed by atoms with E-state index in [0.717, 1.165) is 12.3 Å². The Bertz CT molecular complexity index is 490. The highest BCUT2D eigenvalue weighted by Gasteiger charge is 2.15. The molecule has 0 saturated heterocycles. The van der Waals surface area contributed by atoms with Gasteiger partial charge in [-0.3, -0.25) is 0 Å². The molecule has 0 radical (unpaired) electrons. The van der Waals surface area contributed by atoms with Gasteiger partial charge in [-0.15, -0.1) is 11.3 Å². The van der Waals surface area contributed by atoms with Crippen LogP contribution < -0.4 is 10.1 Å². The number of carbonyl (C=O) groups is 1. The smallest absolute Gasteiger partial charge is 0.407 e. The van der Waals surface area contributed by atoms with Gasteiger partial charge in [-0.2, -0.15) is 0 Å². The molecule has 0 aliphatic heterocycles. The Morgan fingerprint density at radius 2 is 2.14 bits per heavy atom. The number of hydrogen-bond donors (Lipinski definition) is 1. The molecule has 0 spiro atoms. The van der Waals surface area contributed by atoms with Crippen molar-refractivity contribution in [1.82, 2.24) is 10.2 Å². The lowest BCUT2D eigenvalue weighted by Gasteiger charge is -2.19. The SMILES string of the molecule is CN(C)Cc1cc(O/C=C\CCNC(=O)OC(C)(C)C)cs1. The number of amides is 1. The largest absolute Gasteiger partial charge is 0.464 e. The summed E-state index contributed by atoms with van der Waals surface area (Å²) in [5.74, 6) is 0.846. The number of ether oxygens (including phenoxy) is 2. The lowest BCUT2D eigenvalue weighted by molar-refractivity contribution is 0.0529. The molecule has 6 heteroatoms. The third-order valence-corrected chi connectivity index (χ3v) is 3.28. The molecule has 0 aliphatic rings. The van der Waals surface area contributed by atoms with E-state index in [2.05, 4.69) is 10.2 Å². The van der Waals surface area contributed by atoms with Crippen LogP contribution in [0.5, 0.6) is 5.75 Å². The van der Waals surface area contributed by atoms with Gasteiger partial charge in [0.15, 0.2) is 0 Å². The van der Waals surface area contributed by atoms with Crippen LogP contribution in [0, 0.1) is 0 Å². The first-order valence-electron chi connectivity index (χ1n) is 7.27. The normalized spacial score (nSPS) is 11.9. The molecule has 1 heterocycles. The van der Waals surface area contributed by atoms with Gasteiger partial charge in [0.1, 0.15) is 11.4 Å². The molecule has 124 valence electrons. The maximum Gasteiger partial charge on any atom is 0.407 e. The van der Waals surface area contributed by atoms with Gasteiger partial charge in [-0.25, -0.2) is 4.79 Å². The number of rotatable bonds is 7. The van der Waals surface area contributed by atoms with Crippen molar-refractivity contribution in [1.29, 1.82) is 0 Å². The molecule has 1 aromatic heterocycles. The molecular formula is C16H26N2O3S. The van der Waals surface area contributed by atoms with Crippen LogP contribution in [0.3, 0.4) is 0 Å². The minimum atomic E-state index is -0.466. The van der Waals surface area contributed by atoms with Gasteiger partial charge >= 0.3 is 6.09 Å². The van der Waals surface area contributed by atoms with Crippen LogP contribution in [0.25, 0.3) is 0 Å². The van der Waals surface area contributed by atoms with Crippen LogP contribution in [0.4, 0.5) is 4.79 Å². The van der Waals surface area contributed by atoms with E-state index in [0.29, 0.717) is 13.0 Å². The Balaban J connectivity index is 2.19. The van der Waals surface area contributed by atoms with E-state index in [4.69, 9.17) is 9.47 Å². The fraction of sp³-hybridized carbons (Fsp3) is 0.562. The maximum absolute atomic E-state index is 11.4. The molecule has 1 amide bonds. The molecule has 0 saturated carbocycles. The lowest BCUT2D eigenvalue weighted by Crippen LogP contribution is -2.32. The number of hydrogen-bond acceptors (Lipinski definition) is 5. The molecule has 1 rings (SSSR count). The van der Waals surface area contributed by atoms with Gasteiger partial charge in [0.2, 0.25) is 0 Å². The van der Waals surface area contributed by atoms with Gasteiger partial charge in [-0.1, -0.05) is 0 Å². The molecule has 0 atom stereocenters. The second kappa shape index (κ2) is 8.80. The molecule has 0 aliphatic carbocycles. The molecule has 0 unspecified atom stereocenters. The van der Waals surface area contributed by atoms with E-state index in [1.807, 2.05) is 52.4 Å². The highest BCUT2D eigenvalue weighted by atomic mass is 32.1. The second-order valence-corrected chi connectivity index (χ2v) is 7.19. The Labute approximate surface area is 136 Å². The fourth-order valence-electron chi connectivity index (χ4n) is 1.58. The summed E-state index contributed by atoms with van der Waals surface area (Å²) in [6.45, 7) is 6.95. The Kier molecular flexibility index (Phi) is 7.41. The summed E-state index contributed by atoms with van der Waals surface area (Å²) in [6.07, 6.45) is 3.82. The average Bonchev–Trinajstić information content (AvgIpc) is 2.78. The third kappa shape index (κ3) is 8.69. The Morgan fingerprint density at radius 1 is 1.41 bits per heavy atom. The first-order valence-corrected chi connectivity index (χ1v) is 8.15. The van der Waals surface area contributed by atoms with Crippen molar-refractivity contribution in [2.45, 2.75) is 39.3 Å². The molecule has 1 N–H and O–H groups in total. The summed E-state index contributed by atoms with van der Waals surface area (Å²) >= 11 is 1.68. The number of nitrogens with zero attached hydrogens (tertiary/aromatic N) is 1. The van der Waals surface area contributed by atoms with E-state index >= 15 is 0 Å². The standard InChI is InChI=1S/C16H26N2O3S/c1-16(2,3)21-15(19)17-8-6-7-9-20-13-10-14(22-12-13)11-18(4)5/h7,9-10,12H,6,8,11H2,1-5H3,(H,17,19)/b9-7-. The van der Waals surface area contributed by atoms with E-state index in [9.17, 15) is 4.79 Å². The maximum atomic E-state index is 11.4. The van der Waals surface area contributed by atoms with Crippen LogP contribution in [0.2, 0.25) is 0 Å². The van der Waals surface area contributed by atoms with Crippen molar-refractivity contribution in [3.63, 3.8) is 0 Å². The number of nitrogens with one attached hydrogen (secondary N) is 1. The topological polar surface area (TPSA) is 50.8 Å². The van der Waals surface area contributed by atoms with Gasteiger partial charge in [-0.05, 0) is 53.4 Å². The summed E-state index contributed by atoms with van der Waals surface area (Å²) in [6, 6.07) is 2.04. The first-order chi connectivity index (χ1) is 10.3. The second-order valence-electron chi connectivity index (χ2n) is 6.19. The monoisotopic (exact) mass is 326 g/mol. The molecule has 0 bridgehead atoms. The summed E-state index contributed by atoms with van der Waals surface area (Å²) in [5.41, 5.74) is -0.466. The molecule has 5 nitrogen and oxygen atoms in total. The zero-order chi connectivity index (χ0) is 16.6. The van der Waals surface area contributed by atoms with Crippen molar-refractivity contribution in [2.75, 3.05) is 20.6 Å². The quantitative estimate of drug-likeness (QED) is 0.614. The minimum Gasteiger partial charge on any atom is -0.464 e. The molecule has 1 aromatic rings. The number of alkyl carbamates (subject to hydrolysis) is 1. The molecule has 22 heavy (non-hydrogen) atoms. The summed E-state index contributed by atoms with van der Waals surface area (Å²) in [7, 11) is 4.08. The van der Waals surface area contributed by atoms with E-state index < -0.39 is 11.7 Å². The van der Waals surface area contributed by atoms with Crippen molar-refractivity contribution < 1.29 is 14.3 Å². The Morgan fingerprint density at radius 3 is 2.77 bits per heavy atom. The van der Waals surface area contributed by atoms with Crippen molar-refractivity contribution in [3.8, 4) is 5.75 Å². The molecular weight excluding hydrogens is 300 g/mol. The van der Waals surface area contributed by atoms with Gasteiger partial charge in [0.05, 0.1) is 6.26 Å². The van der Waals surface area contributed by atoms with Gasteiger partial charge in [0, 0.05) is 23.3 Å². The van der Waals surface area contributed by atoms with Crippen molar-refractivity contribution >= 4 is 17.4 Å². The summed E-state index contributed by atoms with van der Waals surface area (Å²) in [4.78, 5) is 14.8. The summed E-state index contributed by atoms with van der Waals surface area (Å²) in [5, 5.41) is 4.68. The van der Waals surface area contributed by atoms with Crippen molar-refractivity contribution in [2.24, 2.45) is 0 Å². The van der Waals surface area contributed by atoms with Crippen molar-refractivity contribution in [3.05, 3.63) is 28.7 Å². The molecule has 0 fully saturated rings. The summed E-state index contributed by atoms with van der Waals surface area (Å²) < 4.78 is 10.7. The highest BCUT2D eigenvalue weighted by molar-refractivity contribution is 7.10. The van der Waals surface area contributed by atoms with E-state index in [1.165, 1.54) is 4.88 Å².